The highest BCUT2D eigenvalue weighted by Crippen LogP contribution is 2.26. The van der Waals surface area contributed by atoms with E-state index in [1.807, 2.05) is 48.5 Å². The van der Waals surface area contributed by atoms with Crippen LogP contribution in [0.1, 0.15) is 0 Å². The zero-order chi connectivity index (χ0) is 13.2. The Hall–Kier alpha value is -2.07. The first-order valence-electron chi connectivity index (χ1n) is 5.89. The maximum absolute atomic E-state index is 5.80. The highest BCUT2D eigenvalue weighted by Gasteiger charge is 2.03. The Balaban J connectivity index is 2.03. The summed E-state index contributed by atoms with van der Waals surface area (Å²) in [6, 6.07) is 15.8. The molecular formula is C15H12BrN3. The Kier molecular flexibility index (Phi) is 3.09. The Bertz CT molecular complexity index is 723. The van der Waals surface area contributed by atoms with Crippen LogP contribution in [0.15, 0.2) is 59.2 Å². The first-order chi connectivity index (χ1) is 9.22. The Morgan fingerprint density at radius 2 is 1.79 bits per heavy atom. The third-order valence-corrected chi connectivity index (χ3v) is 3.42. The summed E-state index contributed by atoms with van der Waals surface area (Å²) < 4.78 is 1.05. The van der Waals surface area contributed by atoms with E-state index in [0.29, 0.717) is 0 Å². The summed E-state index contributed by atoms with van der Waals surface area (Å²) in [5, 5.41) is 5.45. The quantitative estimate of drug-likeness (QED) is 0.693. The van der Waals surface area contributed by atoms with Crippen LogP contribution in [0.3, 0.4) is 0 Å². The van der Waals surface area contributed by atoms with Crippen LogP contribution in [0.25, 0.3) is 10.8 Å². The number of rotatable bonds is 2. The van der Waals surface area contributed by atoms with E-state index in [4.69, 9.17) is 5.73 Å². The molecule has 0 aliphatic carbocycles. The molecule has 3 aromatic rings. The van der Waals surface area contributed by atoms with Crippen molar-refractivity contribution in [2.45, 2.75) is 0 Å². The fourth-order valence-corrected chi connectivity index (χ4v) is 2.23. The van der Waals surface area contributed by atoms with Crippen molar-refractivity contribution in [3.63, 3.8) is 0 Å². The summed E-state index contributed by atoms with van der Waals surface area (Å²) in [6.45, 7) is 0. The average molecular weight is 314 g/mol. The molecule has 0 aliphatic heterocycles. The van der Waals surface area contributed by atoms with E-state index in [9.17, 15) is 0 Å². The van der Waals surface area contributed by atoms with Crippen molar-refractivity contribution in [3.8, 4) is 0 Å². The van der Waals surface area contributed by atoms with Crippen molar-refractivity contribution in [1.29, 1.82) is 0 Å². The topological polar surface area (TPSA) is 50.9 Å². The number of anilines is 3. The zero-order valence-electron chi connectivity index (χ0n) is 10.1. The van der Waals surface area contributed by atoms with Gasteiger partial charge in [-0.15, -0.1) is 0 Å². The first-order valence-corrected chi connectivity index (χ1v) is 6.68. The van der Waals surface area contributed by atoms with Gasteiger partial charge in [-0.1, -0.05) is 15.9 Å². The average Bonchev–Trinajstić information content (AvgIpc) is 2.41. The van der Waals surface area contributed by atoms with Crippen LogP contribution in [0.2, 0.25) is 0 Å². The molecule has 0 radical (unpaired) electrons. The molecule has 3 nitrogen and oxygen atoms in total. The summed E-state index contributed by atoms with van der Waals surface area (Å²) in [5.41, 5.74) is 7.55. The number of nitrogens with one attached hydrogen (secondary N) is 1. The molecule has 1 heterocycles. The van der Waals surface area contributed by atoms with Crippen molar-refractivity contribution in [2.24, 2.45) is 0 Å². The minimum atomic E-state index is 0.758. The Morgan fingerprint density at radius 3 is 2.58 bits per heavy atom. The van der Waals surface area contributed by atoms with Crippen molar-refractivity contribution >= 4 is 43.9 Å². The van der Waals surface area contributed by atoms with Gasteiger partial charge in [0.15, 0.2) is 0 Å². The summed E-state index contributed by atoms with van der Waals surface area (Å²) in [7, 11) is 0. The number of fused-ring (bicyclic) bond motifs is 1. The van der Waals surface area contributed by atoms with Gasteiger partial charge in [-0.05, 0) is 53.9 Å². The number of nitrogen functional groups attached to an aromatic ring is 1. The molecule has 94 valence electrons. The van der Waals surface area contributed by atoms with Crippen molar-refractivity contribution in [2.75, 3.05) is 11.1 Å². The summed E-state index contributed by atoms with van der Waals surface area (Å²) >= 11 is 3.42. The van der Waals surface area contributed by atoms with Crippen LogP contribution in [0.5, 0.6) is 0 Å². The molecule has 0 aliphatic rings. The van der Waals surface area contributed by atoms with Gasteiger partial charge in [0.1, 0.15) is 5.82 Å². The third-order valence-electron chi connectivity index (χ3n) is 2.90. The van der Waals surface area contributed by atoms with E-state index in [1.54, 1.807) is 6.20 Å². The van der Waals surface area contributed by atoms with Gasteiger partial charge in [-0.3, -0.25) is 0 Å². The van der Waals surface area contributed by atoms with E-state index in [1.165, 1.54) is 0 Å². The number of hydrogen-bond acceptors (Lipinski definition) is 3. The minimum Gasteiger partial charge on any atom is -0.399 e. The Labute approximate surface area is 119 Å². The number of nitrogens with zero attached hydrogens (tertiary/aromatic N) is 1. The van der Waals surface area contributed by atoms with E-state index in [2.05, 4.69) is 26.2 Å². The normalized spacial score (nSPS) is 10.6. The second-order valence-corrected chi connectivity index (χ2v) is 5.19. The molecule has 0 amide bonds. The molecule has 3 N–H and O–H groups in total. The van der Waals surface area contributed by atoms with Crippen molar-refractivity contribution in [1.82, 2.24) is 4.98 Å². The standard InChI is InChI=1S/C15H12BrN3/c16-11-1-4-13(5-2-11)19-15-14-6-3-12(17)9-10(14)7-8-18-15/h1-9H,17H2,(H,18,19). The van der Waals surface area contributed by atoms with E-state index < -0.39 is 0 Å². The molecule has 1 aromatic heterocycles. The lowest BCUT2D eigenvalue weighted by Gasteiger charge is -2.09. The molecule has 0 unspecified atom stereocenters. The van der Waals surface area contributed by atoms with Gasteiger partial charge in [0.2, 0.25) is 0 Å². The number of pyridine rings is 1. The second kappa shape index (κ2) is 4.90. The first kappa shape index (κ1) is 12.0. The van der Waals surface area contributed by atoms with Gasteiger partial charge in [-0.25, -0.2) is 4.98 Å². The van der Waals surface area contributed by atoms with E-state index >= 15 is 0 Å². The third kappa shape index (κ3) is 2.53. The van der Waals surface area contributed by atoms with Gasteiger partial charge >= 0.3 is 0 Å². The summed E-state index contributed by atoms with van der Waals surface area (Å²) in [6.07, 6.45) is 1.78. The highest BCUT2D eigenvalue weighted by atomic mass is 79.9. The van der Waals surface area contributed by atoms with Gasteiger partial charge in [0.25, 0.3) is 0 Å². The molecule has 0 bridgehead atoms. The monoisotopic (exact) mass is 313 g/mol. The fourth-order valence-electron chi connectivity index (χ4n) is 1.97. The molecular weight excluding hydrogens is 302 g/mol. The minimum absolute atomic E-state index is 0.758. The molecule has 4 heteroatoms. The molecule has 0 fully saturated rings. The molecule has 0 saturated heterocycles. The van der Waals surface area contributed by atoms with E-state index in [0.717, 1.165) is 32.4 Å². The highest BCUT2D eigenvalue weighted by molar-refractivity contribution is 9.10. The van der Waals surface area contributed by atoms with Crippen LogP contribution in [-0.4, -0.2) is 4.98 Å². The zero-order valence-corrected chi connectivity index (χ0v) is 11.7. The fraction of sp³-hybridized carbons (Fsp3) is 0. The number of benzene rings is 2. The van der Waals surface area contributed by atoms with E-state index in [-0.39, 0.29) is 0 Å². The SMILES string of the molecule is Nc1ccc2c(Nc3ccc(Br)cc3)nccc2c1. The summed E-state index contributed by atoms with van der Waals surface area (Å²) in [4.78, 5) is 4.39. The van der Waals surface area contributed by atoms with Crippen LogP contribution in [0.4, 0.5) is 17.2 Å². The van der Waals surface area contributed by atoms with Crippen LogP contribution >= 0.6 is 15.9 Å². The number of nitrogens with two attached hydrogens (primary N) is 1. The maximum Gasteiger partial charge on any atom is 0.138 e. The molecule has 0 spiro atoms. The lowest BCUT2D eigenvalue weighted by atomic mass is 10.1. The lowest BCUT2D eigenvalue weighted by Crippen LogP contribution is -1.94. The number of hydrogen-bond donors (Lipinski definition) is 2. The van der Waals surface area contributed by atoms with Crippen molar-refractivity contribution < 1.29 is 0 Å². The van der Waals surface area contributed by atoms with Gasteiger partial charge in [0, 0.05) is 27.4 Å². The van der Waals surface area contributed by atoms with Crippen LogP contribution < -0.4 is 11.1 Å². The molecule has 2 aromatic carbocycles. The molecule has 0 saturated carbocycles. The molecule has 3 rings (SSSR count). The predicted octanol–water partition coefficient (Wildman–Crippen LogP) is 4.32. The lowest BCUT2D eigenvalue weighted by molar-refractivity contribution is 1.34. The number of aromatic nitrogens is 1. The Morgan fingerprint density at radius 1 is 1.00 bits per heavy atom. The maximum atomic E-state index is 5.80. The van der Waals surface area contributed by atoms with Gasteiger partial charge in [0.05, 0.1) is 0 Å². The van der Waals surface area contributed by atoms with Gasteiger partial charge in [-0.2, -0.15) is 0 Å². The van der Waals surface area contributed by atoms with Crippen LogP contribution in [-0.2, 0) is 0 Å². The molecule has 19 heavy (non-hydrogen) atoms. The predicted molar refractivity (Wildman–Crippen MR) is 83.6 cm³/mol. The second-order valence-electron chi connectivity index (χ2n) is 4.27. The van der Waals surface area contributed by atoms with Crippen molar-refractivity contribution in [3.05, 3.63) is 59.2 Å². The summed E-state index contributed by atoms with van der Waals surface area (Å²) in [5.74, 6) is 0.833. The van der Waals surface area contributed by atoms with Gasteiger partial charge < -0.3 is 11.1 Å². The molecule has 0 atom stereocenters. The number of halogens is 1. The largest absolute Gasteiger partial charge is 0.399 e. The smallest absolute Gasteiger partial charge is 0.138 e. The van der Waals surface area contributed by atoms with Crippen LogP contribution in [0, 0.1) is 0 Å².